The van der Waals surface area contributed by atoms with Crippen LogP contribution < -0.4 is 0 Å². The molecule has 1 aromatic carbocycles. The number of fused-ring (bicyclic) bond motifs is 1. The number of aliphatic carboxylic acids is 1. The summed E-state index contributed by atoms with van der Waals surface area (Å²) in [5.41, 5.74) is 0.255. The molecule has 24 heavy (non-hydrogen) atoms. The number of carboxylic acid groups (broad SMARTS) is 1. The van der Waals surface area contributed by atoms with Gasteiger partial charge in [-0.15, -0.1) is 0 Å². The molecule has 3 unspecified atom stereocenters. The first kappa shape index (κ1) is 17.2. The van der Waals surface area contributed by atoms with Gasteiger partial charge in [0, 0.05) is 6.04 Å². The Bertz CT molecular complexity index is 818. The first-order valence-electron chi connectivity index (χ1n) is 7.82. The molecule has 0 bridgehead atoms. The number of carbonyl (C=O) groups is 1. The Balaban J connectivity index is 2.06. The molecule has 1 aromatic rings. The van der Waals surface area contributed by atoms with Crippen molar-refractivity contribution in [3.63, 3.8) is 0 Å². The summed E-state index contributed by atoms with van der Waals surface area (Å²) in [5.74, 6) is -1.05. The molecular weight excluding hydrogens is 352 g/mol. The number of carboxylic acids is 1. The zero-order valence-corrected chi connectivity index (χ0v) is 14.4. The molecule has 2 fully saturated rings. The lowest BCUT2D eigenvalue weighted by atomic mass is 9.85. The van der Waals surface area contributed by atoms with Crippen LogP contribution in [0.5, 0.6) is 0 Å². The molecule has 1 aliphatic heterocycles. The Kier molecular flexibility index (Phi) is 4.56. The Morgan fingerprint density at radius 1 is 1.33 bits per heavy atom. The molecule has 1 heterocycles. The number of rotatable bonds is 3. The van der Waals surface area contributed by atoms with Crippen LogP contribution in [0.15, 0.2) is 23.1 Å². The first-order valence-corrected chi connectivity index (χ1v) is 9.64. The van der Waals surface area contributed by atoms with E-state index in [1.54, 1.807) is 0 Å². The van der Waals surface area contributed by atoms with Crippen molar-refractivity contribution in [3.8, 4) is 6.07 Å². The first-order chi connectivity index (χ1) is 11.4. The molecule has 0 radical (unpaired) electrons. The van der Waals surface area contributed by atoms with Crippen LogP contribution in [-0.4, -0.2) is 35.9 Å². The van der Waals surface area contributed by atoms with Gasteiger partial charge in [-0.1, -0.05) is 24.4 Å². The highest BCUT2D eigenvalue weighted by molar-refractivity contribution is 7.89. The minimum absolute atomic E-state index is 0.0579. The number of nitriles is 1. The summed E-state index contributed by atoms with van der Waals surface area (Å²) in [5, 5.41) is 18.3. The maximum atomic E-state index is 13.1. The van der Waals surface area contributed by atoms with Gasteiger partial charge in [0.25, 0.3) is 0 Å². The predicted molar refractivity (Wildman–Crippen MR) is 87.0 cm³/mol. The normalized spacial score (nSPS) is 27.4. The van der Waals surface area contributed by atoms with Gasteiger partial charge in [0.2, 0.25) is 10.0 Å². The number of benzene rings is 1. The molecule has 2 aliphatic rings. The van der Waals surface area contributed by atoms with E-state index < -0.39 is 22.0 Å². The van der Waals surface area contributed by atoms with Gasteiger partial charge in [-0.3, -0.25) is 4.79 Å². The largest absolute Gasteiger partial charge is 0.480 e. The van der Waals surface area contributed by atoms with E-state index in [2.05, 4.69) is 0 Å². The van der Waals surface area contributed by atoms with E-state index in [0.29, 0.717) is 12.8 Å². The predicted octanol–water partition coefficient (Wildman–Crippen LogP) is 2.62. The zero-order valence-electron chi connectivity index (χ0n) is 12.9. The molecule has 1 N–H and O–H groups in total. The van der Waals surface area contributed by atoms with Crippen molar-refractivity contribution in [2.45, 2.75) is 49.1 Å². The van der Waals surface area contributed by atoms with E-state index in [1.165, 1.54) is 18.2 Å². The minimum Gasteiger partial charge on any atom is -0.480 e. The van der Waals surface area contributed by atoms with Crippen molar-refractivity contribution in [3.05, 3.63) is 28.8 Å². The SMILES string of the molecule is N#Cc1ccc(S(=O)(=O)N2C(C(=O)O)CC3CCCCC32)c(Cl)c1. The van der Waals surface area contributed by atoms with Gasteiger partial charge in [-0.2, -0.15) is 9.57 Å². The molecule has 6 nitrogen and oxygen atoms in total. The molecule has 1 aliphatic carbocycles. The zero-order chi connectivity index (χ0) is 17.5. The number of halogens is 1. The van der Waals surface area contributed by atoms with Crippen LogP contribution in [0.1, 0.15) is 37.7 Å². The van der Waals surface area contributed by atoms with Gasteiger partial charge in [-0.25, -0.2) is 8.42 Å². The number of hydrogen-bond acceptors (Lipinski definition) is 4. The molecule has 1 saturated carbocycles. The van der Waals surface area contributed by atoms with Crippen LogP contribution in [0.3, 0.4) is 0 Å². The average Bonchev–Trinajstić information content (AvgIpc) is 2.95. The molecule has 3 rings (SSSR count). The summed E-state index contributed by atoms with van der Waals surface area (Å²) in [6, 6.07) is 4.50. The van der Waals surface area contributed by atoms with E-state index in [-0.39, 0.29) is 27.4 Å². The smallest absolute Gasteiger partial charge is 0.322 e. The molecule has 1 saturated heterocycles. The highest BCUT2D eigenvalue weighted by Crippen LogP contribution is 2.43. The quantitative estimate of drug-likeness (QED) is 0.884. The van der Waals surface area contributed by atoms with E-state index in [9.17, 15) is 18.3 Å². The van der Waals surface area contributed by atoms with Crippen LogP contribution in [-0.2, 0) is 14.8 Å². The molecule has 0 aromatic heterocycles. The number of hydrogen-bond donors (Lipinski definition) is 1. The lowest BCUT2D eigenvalue weighted by Gasteiger charge is -2.32. The Morgan fingerprint density at radius 3 is 2.67 bits per heavy atom. The maximum Gasteiger partial charge on any atom is 0.322 e. The van der Waals surface area contributed by atoms with Gasteiger partial charge in [-0.05, 0) is 43.4 Å². The van der Waals surface area contributed by atoms with E-state index >= 15 is 0 Å². The summed E-state index contributed by atoms with van der Waals surface area (Å²) >= 11 is 6.07. The molecular formula is C16H17ClN2O4S. The van der Waals surface area contributed by atoms with Gasteiger partial charge in [0.15, 0.2) is 0 Å². The van der Waals surface area contributed by atoms with Crippen LogP contribution in [0.4, 0.5) is 0 Å². The fraction of sp³-hybridized carbons (Fsp3) is 0.500. The van der Waals surface area contributed by atoms with E-state index in [4.69, 9.17) is 16.9 Å². The molecule has 3 atom stereocenters. The number of sulfonamides is 1. The average molecular weight is 369 g/mol. The van der Waals surface area contributed by atoms with Gasteiger partial charge in [0.05, 0.1) is 16.7 Å². The monoisotopic (exact) mass is 368 g/mol. The summed E-state index contributed by atoms with van der Waals surface area (Å²) < 4.78 is 27.4. The summed E-state index contributed by atoms with van der Waals surface area (Å²) in [6.45, 7) is 0. The third-order valence-corrected chi connectivity index (χ3v) is 7.35. The van der Waals surface area contributed by atoms with Crippen LogP contribution in [0.25, 0.3) is 0 Å². The minimum atomic E-state index is -4.05. The third-order valence-electron chi connectivity index (χ3n) is 4.93. The van der Waals surface area contributed by atoms with Crippen molar-refractivity contribution in [2.75, 3.05) is 0 Å². The van der Waals surface area contributed by atoms with Crippen LogP contribution >= 0.6 is 11.6 Å². The third kappa shape index (κ3) is 2.79. The molecule has 0 amide bonds. The Hall–Kier alpha value is -1.62. The second-order valence-electron chi connectivity index (χ2n) is 6.29. The fourth-order valence-electron chi connectivity index (χ4n) is 3.87. The van der Waals surface area contributed by atoms with Gasteiger partial charge < -0.3 is 5.11 Å². The molecule has 0 spiro atoms. The van der Waals surface area contributed by atoms with E-state index in [1.807, 2.05) is 6.07 Å². The lowest BCUT2D eigenvalue weighted by molar-refractivity contribution is -0.141. The highest BCUT2D eigenvalue weighted by Gasteiger charge is 2.51. The Labute approximate surface area is 145 Å². The van der Waals surface area contributed by atoms with Gasteiger partial charge >= 0.3 is 5.97 Å². The molecule has 8 heteroatoms. The van der Waals surface area contributed by atoms with Crippen molar-refractivity contribution < 1.29 is 18.3 Å². The second kappa shape index (κ2) is 6.36. The summed E-state index contributed by atoms with van der Waals surface area (Å²) in [4.78, 5) is 11.5. The van der Waals surface area contributed by atoms with Crippen molar-refractivity contribution >= 4 is 27.6 Å². The standard InChI is InChI=1S/C16H17ClN2O4S/c17-12-7-10(9-18)5-6-15(12)24(22,23)19-13-4-2-1-3-11(13)8-14(19)16(20)21/h5-7,11,13-14H,1-4,8H2,(H,20,21). The summed E-state index contributed by atoms with van der Waals surface area (Å²) in [7, 11) is -4.05. The molecule has 128 valence electrons. The summed E-state index contributed by atoms with van der Waals surface area (Å²) in [6.07, 6.45) is 3.75. The van der Waals surface area contributed by atoms with E-state index in [0.717, 1.165) is 23.6 Å². The van der Waals surface area contributed by atoms with Crippen molar-refractivity contribution in [2.24, 2.45) is 5.92 Å². The fourth-order valence-corrected chi connectivity index (χ4v) is 6.26. The topological polar surface area (TPSA) is 98.5 Å². The maximum absolute atomic E-state index is 13.1. The van der Waals surface area contributed by atoms with Gasteiger partial charge in [0.1, 0.15) is 10.9 Å². The van der Waals surface area contributed by atoms with Crippen molar-refractivity contribution in [1.29, 1.82) is 5.26 Å². The number of nitrogens with zero attached hydrogens (tertiary/aromatic N) is 2. The van der Waals surface area contributed by atoms with Crippen LogP contribution in [0, 0.1) is 17.2 Å². The highest BCUT2D eigenvalue weighted by atomic mass is 35.5. The van der Waals surface area contributed by atoms with Crippen LogP contribution in [0.2, 0.25) is 5.02 Å². The second-order valence-corrected chi connectivity index (χ2v) is 8.51. The van der Waals surface area contributed by atoms with Crippen molar-refractivity contribution in [1.82, 2.24) is 4.31 Å². The lowest BCUT2D eigenvalue weighted by Crippen LogP contribution is -2.46. The Morgan fingerprint density at radius 2 is 2.04 bits per heavy atom.